The van der Waals surface area contributed by atoms with E-state index in [1.165, 1.54) is 76.8 Å². The summed E-state index contributed by atoms with van der Waals surface area (Å²) >= 11 is 0. The molecule has 2 heterocycles. The number of aromatic nitrogens is 3. The monoisotopic (exact) mass is 709 g/mol. The van der Waals surface area contributed by atoms with Crippen molar-refractivity contribution in [3.05, 3.63) is 210 Å². The van der Waals surface area contributed by atoms with Crippen LogP contribution >= 0.6 is 0 Å². The van der Waals surface area contributed by atoms with Crippen LogP contribution in [0.25, 0.3) is 93.7 Å². The van der Waals surface area contributed by atoms with Crippen molar-refractivity contribution in [2.24, 2.45) is 0 Å². The molecule has 2 aliphatic carbocycles. The van der Waals surface area contributed by atoms with Gasteiger partial charge >= 0.3 is 0 Å². The molecule has 2 aromatic heterocycles. The summed E-state index contributed by atoms with van der Waals surface area (Å²) in [6.07, 6.45) is 0. The molecular weight excluding hydrogens is 679 g/mol. The van der Waals surface area contributed by atoms with Crippen LogP contribution in [0.15, 0.2) is 188 Å². The normalized spacial score (nSPS) is 13.5. The van der Waals surface area contributed by atoms with Gasteiger partial charge in [-0.05, 0) is 78.9 Å². The van der Waals surface area contributed by atoms with Crippen molar-refractivity contribution in [1.82, 2.24) is 14.5 Å². The summed E-state index contributed by atoms with van der Waals surface area (Å²) in [7, 11) is 0. The molecule has 56 heavy (non-hydrogen) atoms. The molecule has 0 fully saturated rings. The number of hydrogen-bond acceptors (Lipinski definition) is 2. The summed E-state index contributed by atoms with van der Waals surface area (Å²) in [5.74, 6) is 1.60. The molecule has 0 bridgehead atoms. The highest BCUT2D eigenvalue weighted by Crippen LogP contribution is 2.63. The van der Waals surface area contributed by atoms with Crippen LogP contribution in [0.1, 0.15) is 22.3 Å². The molecule has 0 N–H and O–H groups in total. The van der Waals surface area contributed by atoms with Gasteiger partial charge in [0.25, 0.3) is 0 Å². The molecule has 0 atom stereocenters. The maximum Gasteiger partial charge on any atom is 0.162 e. The van der Waals surface area contributed by atoms with Crippen molar-refractivity contribution >= 4 is 54.3 Å². The lowest BCUT2D eigenvalue weighted by Crippen LogP contribution is -2.25. The third-order valence-electron chi connectivity index (χ3n) is 12.6. The van der Waals surface area contributed by atoms with Crippen LogP contribution in [0.3, 0.4) is 0 Å². The first-order valence-corrected chi connectivity index (χ1v) is 19.4. The molecular formula is C53H31N3. The Morgan fingerprint density at radius 2 is 0.857 bits per heavy atom. The van der Waals surface area contributed by atoms with E-state index in [-0.39, 0.29) is 0 Å². The summed E-state index contributed by atoms with van der Waals surface area (Å²) in [5, 5.41) is 8.41. The number of rotatable bonds is 2. The van der Waals surface area contributed by atoms with E-state index in [2.05, 4.69) is 193 Å². The van der Waals surface area contributed by atoms with Crippen molar-refractivity contribution in [3.63, 3.8) is 0 Å². The average molecular weight is 710 g/mol. The molecule has 13 rings (SSSR count). The van der Waals surface area contributed by atoms with Crippen LogP contribution in [0, 0.1) is 0 Å². The molecule has 258 valence electrons. The van der Waals surface area contributed by atoms with Gasteiger partial charge in [0, 0.05) is 27.1 Å². The fourth-order valence-corrected chi connectivity index (χ4v) is 10.5. The highest BCUT2D eigenvalue weighted by molar-refractivity contribution is 6.32. The van der Waals surface area contributed by atoms with Gasteiger partial charge in [0.05, 0.1) is 22.0 Å². The number of nitrogens with zero attached hydrogens (tertiary/aromatic N) is 3. The lowest BCUT2D eigenvalue weighted by Gasteiger charge is -2.30. The van der Waals surface area contributed by atoms with E-state index in [1.807, 2.05) is 0 Å². The lowest BCUT2D eigenvalue weighted by molar-refractivity contribution is 0.794. The predicted molar refractivity (Wildman–Crippen MR) is 231 cm³/mol. The summed E-state index contributed by atoms with van der Waals surface area (Å²) < 4.78 is 2.41. The van der Waals surface area contributed by atoms with Crippen LogP contribution in [-0.4, -0.2) is 14.5 Å². The quantitative estimate of drug-likeness (QED) is 0.167. The van der Waals surface area contributed by atoms with Gasteiger partial charge in [-0.15, -0.1) is 0 Å². The number of hydrogen-bond donors (Lipinski definition) is 0. The molecule has 3 nitrogen and oxygen atoms in total. The number of para-hydroxylation sites is 2. The number of benzene rings is 9. The fraction of sp³-hybridized carbons (Fsp3) is 0.0189. The Morgan fingerprint density at radius 3 is 1.59 bits per heavy atom. The molecule has 0 radical (unpaired) electrons. The van der Waals surface area contributed by atoms with Crippen LogP contribution in [0.5, 0.6) is 0 Å². The molecule has 0 saturated carbocycles. The Morgan fingerprint density at radius 1 is 0.357 bits per heavy atom. The van der Waals surface area contributed by atoms with E-state index in [4.69, 9.17) is 9.97 Å². The first-order valence-electron chi connectivity index (χ1n) is 19.4. The summed E-state index contributed by atoms with van der Waals surface area (Å²) in [4.78, 5) is 11.1. The third-order valence-corrected chi connectivity index (χ3v) is 12.6. The van der Waals surface area contributed by atoms with E-state index < -0.39 is 5.41 Å². The van der Waals surface area contributed by atoms with Crippen LogP contribution in [-0.2, 0) is 5.41 Å². The Kier molecular flexibility index (Phi) is 5.83. The second kappa shape index (κ2) is 10.9. The van der Waals surface area contributed by atoms with Crippen molar-refractivity contribution in [1.29, 1.82) is 0 Å². The number of fused-ring (bicyclic) bond motifs is 19. The summed E-state index contributed by atoms with van der Waals surface area (Å²) in [5.41, 5.74) is 14.1. The van der Waals surface area contributed by atoms with Gasteiger partial charge in [-0.25, -0.2) is 9.97 Å². The second-order valence-electron chi connectivity index (χ2n) is 15.2. The molecule has 0 aliphatic heterocycles. The zero-order chi connectivity index (χ0) is 36.5. The standard InChI is InChI=1S/C53H31N3/c1-3-20-36-32(16-1)33-17-2-4-21-37(33)50-49(36)40-24-9-14-31-47(40)56(50)52-39-23-8-13-30-46(39)54-51(55-52)41-25-15-29-45-48(41)38-22-7-12-28-44(38)53(45)42-26-10-5-18-34(42)35-19-6-11-27-43(35)53/h1-31H. The predicted octanol–water partition coefficient (Wildman–Crippen LogP) is 13.0. The fourth-order valence-electron chi connectivity index (χ4n) is 10.5. The van der Waals surface area contributed by atoms with Gasteiger partial charge in [0.1, 0.15) is 5.82 Å². The van der Waals surface area contributed by atoms with Gasteiger partial charge in [-0.2, -0.15) is 0 Å². The first-order chi connectivity index (χ1) is 27.8. The third kappa shape index (κ3) is 3.63. The zero-order valence-corrected chi connectivity index (χ0v) is 30.2. The van der Waals surface area contributed by atoms with Crippen molar-refractivity contribution in [2.45, 2.75) is 5.41 Å². The zero-order valence-electron chi connectivity index (χ0n) is 30.2. The SMILES string of the molecule is c1ccc2c(c1)-c1ccccc1C21c2ccccc2-c2c(-c3nc(-n4c5ccccc5c5c6ccccc6c6ccccc6c54)c4ccccc4n3)cccc21. The second-order valence-corrected chi connectivity index (χ2v) is 15.2. The van der Waals surface area contributed by atoms with Crippen molar-refractivity contribution in [3.8, 4) is 39.5 Å². The maximum absolute atomic E-state index is 5.71. The molecule has 3 heteroatoms. The highest BCUT2D eigenvalue weighted by Gasteiger charge is 2.52. The Balaban J connectivity index is 1.16. The van der Waals surface area contributed by atoms with Crippen LogP contribution < -0.4 is 0 Å². The lowest BCUT2D eigenvalue weighted by atomic mass is 9.70. The molecule has 0 saturated heterocycles. The van der Waals surface area contributed by atoms with E-state index in [0.29, 0.717) is 0 Å². The van der Waals surface area contributed by atoms with Gasteiger partial charge < -0.3 is 0 Å². The Hall–Kier alpha value is -7.36. The smallest absolute Gasteiger partial charge is 0.162 e. The maximum atomic E-state index is 5.71. The molecule has 9 aromatic carbocycles. The minimum absolute atomic E-state index is 0.443. The summed E-state index contributed by atoms with van der Waals surface area (Å²) in [6.45, 7) is 0. The minimum Gasteiger partial charge on any atom is -0.292 e. The van der Waals surface area contributed by atoms with Gasteiger partial charge in [0.15, 0.2) is 5.82 Å². The molecule has 11 aromatic rings. The largest absolute Gasteiger partial charge is 0.292 e. The molecule has 0 unspecified atom stereocenters. The first kappa shape index (κ1) is 30.0. The topological polar surface area (TPSA) is 30.7 Å². The Labute approximate surface area is 322 Å². The minimum atomic E-state index is -0.443. The van der Waals surface area contributed by atoms with Gasteiger partial charge in [0.2, 0.25) is 0 Å². The van der Waals surface area contributed by atoms with Gasteiger partial charge in [-0.1, -0.05) is 170 Å². The van der Waals surface area contributed by atoms with Crippen LogP contribution in [0.2, 0.25) is 0 Å². The van der Waals surface area contributed by atoms with E-state index >= 15 is 0 Å². The van der Waals surface area contributed by atoms with Crippen molar-refractivity contribution < 1.29 is 0 Å². The highest BCUT2D eigenvalue weighted by atomic mass is 15.1. The molecule has 1 spiro atoms. The van der Waals surface area contributed by atoms with E-state index in [0.717, 1.165) is 39.1 Å². The molecule has 2 aliphatic rings. The Bertz CT molecular complexity index is 3450. The van der Waals surface area contributed by atoms with Gasteiger partial charge in [-0.3, -0.25) is 4.57 Å². The molecule has 0 amide bonds. The van der Waals surface area contributed by atoms with Crippen LogP contribution in [0.4, 0.5) is 0 Å². The average Bonchev–Trinajstić information content (AvgIpc) is 3.89. The van der Waals surface area contributed by atoms with Crippen molar-refractivity contribution in [2.75, 3.05) is 0 Å². The summed E-state index contributed by atoms with van der Waals surface area (Å²) in [6, 6.07) is 68.6. The van der Waals surface area contributed by atoms with E-state index in [9.17, 15) is 0 Å². The van der Waals surface area contributed by atoms with E-state index in [1.54, 1.807) is 0 Å².